The van der Waals surface area contributed by atoms with Crippen LogP contribution >= 0.6 is 0 Å². The molecule has 0 radical (unpaired) electrons. The molecule has 0 spiro atoms. The van der Waals surface area contributed by atoms with E-state index in [0.29, 0.717) is 5.69 Å². The van der Waals surface area contributed by atoms with Gasteiger partial charge in [-0.3, -0.25) is 0 Å². The zero-order valence-electron chi connectivity index (χ0n) is 11.1. The molecule has 0 aliphatic heterocycles. The van der Waals surface area contributed by atoms with Crippen LogP contribution in [0.2, 0.25) is 0 Å². The number of hydrogen-bond donors (Lipinski definition) is 0. The second kappa shape index (κ2) is 5.40. The summed E-state index contributed by atoms with van der Waals surface area (Å²) in [7, 11) is 0. The van der Waals surface area contributed by atoms with Gasteiger partial charge in [-0.15, -0.1) is 5.10 Å². The molecule has 98 valence electrons. The molecular formula is C17H10N4. The Morgan fingerprint density at radius 3 is 2.05 bits per heavy atom. The van der Waals surface area contributed by atoms with Gasteiger partial charge in [-0.25, -0.2) is 0 Å². The van der Waals surface area contributed by atoms with Crippen molar-refractivity contribution in [1.29, 1.82) is 10.5 Å². The molecule has 0 aliphatic rings. The first-order valence-electron chi connectivity index (χ1n) is 6.45. The number of benzene rings is 2. The van der Waals surface area contributed by atoms with Crippen molar-refractivity contribution in [3.8, 4) is 23.4 Å². The van der Waals surface area contributed by atoms with Crippen molar-refractivity contribution in [1.82, 2.24) is 10.2 Å². The van der Waals surface area contributed by atoms with Crippen LogP contribution in [0, 0.1) is 22.7 Å². The minimum absolute atomic E-state index is 0.412. The third kappa shape index (κ3) is 2.20. The fraction of sp³-hybridized carbons (Fsp3) is 0.0588. The van der Waals surface area contributed by atoms with E-state index in [4.69, 9.17) is 10.5 Å². The van der Waals surface area contributed by atoms with Crippen LogP contribution in [0.5, 0.6) is 0 Å². The van der Waals surface area contributed by atoms with Gasteiger partial charge in [-0.2, -0.15) is 15.6 Å². The number of nitriles is 2. The average molecular weight is 270 g/mol. The van der Waals surface area contributed by atoms with E-state index in [1.807, 2.05) is 66.7 Å². The Labute approximate surface area is 121 Å². The topological polar surface area (TPSA) is 73.4 Å². The summed E-state index contributed by atoms with van der Waals surface area (Å²) < 4.78 is 0. The minimum Gasteiger partial charge on any atom is -0.196 e. The highest BCUT2D eigenvalue weighted by Crippen LogP contribution is 2.29. The molecule has 4 heteroatoms. The van der Waals surface area contributed by atoms with Crippen molar-refractivity contribution in [2.45, 2.75) is 5.92 Å². The van der Waals surface area contributed by atoms with Crippen molar-refractivity contribution in [3.05, 3.63) is 60.3 Å². The Morgan fingerprint density at radius 1 is 0.762 bits per heavy atom. The van der Waals surface area contributed by atoms with Crippen LogP contribution in [-0.2, 0) is 0 Å². The predicted octanol–water partition coefficient (Wildman–Crippen LogP) is 3.43. The van der Waals surface area contributed by atoms with Gasteiger partial charge < -0.3 is 0 Å². The van der Waals surface area contributed by atoms with Gasteiger partial charge in [0.2, 0.25) is 0 Å². The zero-order valence-corrected chi connectivity index (χ0v) is 11.1. The number of rotatable bonds is 2. The van der Waals surface area contributed by atoms with Gasteiger partial charge in [0.15, 0.2) is 5.92 Å². The largest absolute Gasteiger partial charge is 0.196 e. The molecule has 2 aromatic carbocycles. The van der Waals surface area contributed by atoms with E-state index in [2.05, 4.69) is 10.2 Å². The van der Waals surface area contributed by atoms with Crippen LogP contribution < -0.4 is 0 Å². The van der Waals surface area contributed by atoms with Crippen LogP contribution in [0.1, 0.15) is 11.6 Å². The minimum atomic E-state index is -0.910. The lowest BCUT2D eigenvalue weighted by Gasteiger charge is -2.09. The highest BCUT2D eigenvalue weighted by Gasteiger charge is 2.17. The highest BCUT2D eigenvalue weighted by molar-refractivity contribution is 5.96. The average Bonchev–Trinajstić information content (AvgIpc) is 2.57. The maximum Gasteiger partial charge on any atom is 0.177 e. The van der Waals surface area contributed by atoms with Gasteiger partial charge in [0, 0.05) is 16.3 Å². The third-order valence-corrected chi connectivity index (χ3v) is 3.29. The zero-order chi connectivity index (χ0) is 14.7. The summed E-state index contributed by atoms with van der Waals surface area (Å²) in [6, 6.07) is 21.2. The van der Waals surface area contributed by atoms with Crippen molar-refractivity contribution in [3.63, 3.8) is 0 Å². The lowest BCUT2D eigenvalue weighted by Crippen LogP contribution is -2.01. The molecule has 4 nitrogen and oxygen atoms in total. The van der Waals surface area contributed by atoms with Crippen LogP contribution in [0.25, 0.3) is 22.0 Å². The summed E-state index contributed by atoms with van der Waals surface area (Å²) in [6.45, 7) is 0. The van der Waals surface area contributed by atoms with Crippen molar-refractivity contribution in [2.24, 2.45) is 0 Å². The molecule has 1 heterocycles. The monoisotopic (exact) mass is 270 g/mol. The van der Waals surface area contributed by atoms with E-state index in [1.165, 1.54) is 0 Å². The molecule has 0 saturated carbocycles. The number of nitrogens with zero attached hydrogens (tertiary/aromatic N) is 4. The van der Waals surface area contributed by atoms with Crippen molar-refractivity contribution in [2.75, 3.05) is 0 Å². The summed E-state index contributed by atoms with van der Waals surface area (Å²) in [5, 5.41) is 28.2. The van der Waals surface area contributed by atoms with Gasteiger partial charge in [0.1, 0.15) is 11.4 Å². The Bertz CT molecular complexity index is 859. The van der Waals surface area contributed by atoms with Crippen LogP contribution in [0.4, 0.5) is 0 Å². The fourth-order valence-corrected chi connectivity index (χ4v) is 2.30. The van der Waals surface area contributed by atoms with Gasteiger partial charge in [-0.05, 0) is 0 Å². The smallest absolute Gasteiger partial charge is 0.177 e. The lowest BCUT2D eigenvalue weighted by atomic mass is 9.99. The Morgan fingerprint density at radius 2 is 1.38 bits per heavy atom. The van der Waals surface area contributed by atoms with Gasteiger partial charge in [-0.1, -0.05) is 54.6 Å². The number of aromatic nitrogens is 2. The van der Waals surface area contributed by atoms with Crippen molar-refractivity contribution >= 4 is 10.8 Å². The molecule has 21 heavy (non-hydrogen) atoms. The summed E-state index contributed by atoms with van der Waals surface area (Å²) in [5.41, 5.74) is 2.12. The first kappa shape index (κ1) is 12.8. The van der Waals surface area contributed by atoms with E-state index in [0.717, 1.165) is 22.0 Å². The summed E-state index contributed by atoms with van der Waals surface area (Å²) in [4.78, 5) is 0. The standard InChI is InChI=1S/C17H10N4/c18-10-13(11-19)17-15-9-5-4-8-14(15)16(20-21-17)12-6-2-1-3-7-12/h1-9,13H. The van der Waals surface area contributed by atoms with Crippen LogP contribution in [0.3, 0.4) is 0 Å². The molecule has 3 rings (SSSR count). The fourth-order valence-electron chi connectivity index (χ4n) is 2.30. The van der Waals surface area contributed by atoms with Crippen LogP contribution in [-0.4, -0.2) is 10.2 Å². The second-order valence-electron chi connectivity index (χ2n) is 4.54. The normalized spacial score (nSPS) is 10.2. The highest BCUT2D eigenvalue weighted by atomic mass is 15.1. The summed E-state index contributed by atoms with van der Waals surface area (Å²) in [5.74, 6) is -0.910. The van der Waals surface area contributed by atoms with Gasteiger partial charge in [0.25, 0.3) is 0 Å². The molecule has 0 N–H and O–H groups in total. The number of hydrogen-bond acceptors (Lipinski definition) is 4. The SMILES string of the molecule is N#CC(C#N)c1nnc(-c2ccccc2)c2ccccc12. The van der Waals surface area contributed by atoms with Crippen LogP contribution in [0.15, 0.2) is 54.6 Å². The maximum absolute atomic E-state index is 9.08. The lowest BCUT2D eigenvalue weighted by molar-refractivity contribution is 0.933. The first-order valence-corrected chi connectivity index (χ1v) is 6.45. The Kier molecular flexibility index (Phi) is 3.29. The second-order valence-corrected chi connectivity index (χ2v) is 4.54. The van der Waals surface area contributed by atoms with E-state index in [9.17, 15) is 0 Å². The molecule has 3 aromatic rings. The van der Waals surface area contributed by atoms with E-state index < -0.39 is 5.92 Å². The molecule has 0 amide bonds. The maximum atomic E-state index is 9.08. The van der Waals surface area contributed by atoms with E-state index in [-0.39, 0.29) is 0 Å². The molecule has 0 aliphatic carbocycles. The van der Waals surface area contributed by atoms with Gasteiger partial charge >= 0.3 is 0 Å². The predicted molar refractivity (Wildman–Crippen MR) is 78.9 cm³/mol. The Hall–Kier alpha value is -3.24. The van der Waals surface area contributed by atoms with E-state index >= 15 is 0 Å². The first-order chi connectivity index (χ1) is 10.3. The molecule has 1 aromatic heterocycles. The molecule has 0 unspecified atom stereocenters. The summed E-state index contributed by atoms with van der Waals surface area (Å²) in [6.07, 6.45) is 0. The summed E-state index contributed by atoms with van der Waals surface area (Å²) >= 11 is 0. The molecule has 0 atom stereocenters. The van der Waals surface area contributed by atoms with E-state index in [1.54, 1.807) is 0 Å². The third-order valence-electron chi connectivity index (χ3n) is 3.29. The Balaban J connectivity index is 2.31. The quantitative estimate of drug-likeness (QED) is 0.715. The number of fused-ring (bicyclic) bond motifs is 1. The molecular weight excluding hydrogens is 260 g/mol. The van der Waals surface area contributed by atoms with Gasteiger partial charge in [0.05, 0.1) is 12.1 Å². The molecule has 0 saturated heterocycles. The molecule has 0 bridgehead atoms. The molecule has 0 fully saturated rings. The van der Waals surface area contributed by atoms with Crippen molar-refractivity contribution < 1.29 is 0 Å².